The molecule has 0 aromatic heterocycles. The van der Waals surface area contributed by atoms with Gasteiger partial charge in [0.25, 0.3) is 0 Å². The van der Waals surface area contributed by atoms with E-state index in [1.165, 1.54) is 32.1 Å². The van der Waals surface area contributed by atoms with Crippen LogP contribution in [0.5, 0.6) is 0 Å². The summed E-state index contributed by atoms with van der Waals surface area (Å²) in [6.45, 7) is 4.09. The third-order valence-corrected chi connectivity index (χ3v) is 3.87. The summed E-state index contributed by atoms with van der Waals surface area (Å²) < 4.78 is 0. The molecule has 0 amide bonds. The molecule has 4 N–H and O–H groups in total. The van der Waals surface area contributed by atoms with Gasteiger partial charge in [0.1, 0.15) is 0 Å². The lowest BCUT2D eigenvalue weighted by Crippen LogP contribution is -2.42. The molecule has 2 rings (SSSR count). The van der Waals surface area contributed by atoms with Gasteiger partial charge in [-0.3, -0.25) is 10.4 Å². The Labute approximate surface area is 104 Å². The first kappa shape index (κ1) is 12.7. The first-order valence-corrected chi connectivity index (χ1v) is 7.10. The largest absolute Gasteiger partial charge is 0.355 e. The van der Waals surface area contributed by atoms with Crippen molar-refractivity contribution in [1.29, 1.82) is 0 Å². The van der Waals surface area contributed by atoms with E-state index in [0.717, 1.165) is 43.2 Å². The van der Waals surface area contributed by atoms with E-state index in [9.17, 15) is 0 Å². The van der Waals surface area contributed by atoms with Gasteiger partial charge in [-0.25, -0.2) is 5.84 Å². The minimum absolute atomic E-state index is 0.768. The van der Waals surface area contributed by atoms with Crippen molar-refractivity contribution in [3.8, 4) is 0 Å². The van der Waals surface area contributed by atoms with Crippen molar-refractivity contribution >= 4 is 5.96 Å². The van der Waals surface area contributed by atoms with Crippen molar-refractivity contribution in [3.63, 3.8) is 0 Å². The summed E-state index contributed by atoms with van der Waals surface area (Å²) in [5, 5.41) is 3.26. The van der Waals surface area contributed by atoms with Crippen LogP contribution in [0.25, 0.3) is 0 Å². The van der Waals surface area contributed by atoms with E-state index < -0.39 is 0 Å². The molecule has 0 aromatic rings. The van der Waals surface area contributed by atoms with Gasteiger partial charge in [-0.2, -0.15) is 0 Å². The summed E-state index contributed by atoms with van der Waals surface area (Å²) in [6.07, 6.45) is 8.04. The molecule has 0 unspecified atom stereocenters. The molecule has 0 aromatic carbocycles. The molecular formula is C13H26N4. The van der Waals surface area contributed by atoms with Crippen molar-refractivity contribution in [2.45, 2.75) is 45.4 Å². The Kier molecular flexibility index (Phi) is 4.66. The summed E-state index contributed by atoms with van der Waals surface area (Å²) in [5.74, 6) is 8.99. The Balaban J connectivity index is 1.74. The van der Waals surface area contributed by atoms with Gasteiger partial charge in [0.2, 0.25) is 5.96 Å². The minimum Gasteiger partial charge on any atom is -0.355 e. The van der Waals surface area contributed by atoms with Gasteiger partial charge in [-0.15, -0.1) is 0 Å². The number of rotatable bonds is 7. The summed E-state index contributed by atoms with van der Waals surface area (Å²) in [6, 6.07) is 0. The van der Waals surface area contributed by atoms with Gasteiger partial charge < -0.3 is 5.32 Å². The fourth-order valence-electron chi connectivity index (χ4n) is 2.46. The number of unbranched alkanes of at least 4 members (excludes halogenated alkanes) is 1. The molecule has 2 aliphatic rings. The maximum Gasteiger partial charge on any atom is 0.205 e. The Bertz CT molecular complexity index is 244. The fraction of sp³-hybridized carbons (Fsp3) is 0.923. The van der Waals surface area contributed by atoms with E-state index in [0.29, 0.717) is 0 Å². The van der Waals surface area contributed by atoms with E-state index in [1.54, 1.807) is 0 Å². The summed E-state index contributed by atoms with van der Waals surface area (Å²) >= 11 is 0. The number of hydrogen-bond acceptors (Lipinski definition) is 2. The van der Waals surface area contributed by atoms with E-state index in [-0.39, 0.29) is 0 Å². The average Bonchev–Trinajstić information content (AvgIpc) is 3.19. The molecule has 4 nitrogen and oxygen atoms in total. The maximum atomic E-state index is 5.48. The third kappa shape index (κ3) is 4.19. The first-order chi connectivity index (χ1) is 8.35. The van der Waals surface area contributed by atoms with Crippen LogP contribution in [-0.4, -0.2) is 19.0 Å². The lowest BCUT2D eigenvalue weighted by atomic mass is 9.98. The second-order valence-corrected chi connectivity index (χ2v) is 5.45. The van der Waals surface area contributed by atoms with Crippen LogP contribution in [-0.2, 0) is 0 Å². The number of guanidine groups is 1. The quantitative estimate of drug-likeness (QED) is 0.208. The van der Waals surface area contributed by atoms with Gasteiger partial charge in [0, 0.05) is 13.1 Å². The van der Waals surface area contributed by atoms with E-state index in [1.807, 2.05) is 0 Å². The molecule has 0 radical (unpaired) electrons. The van der Waals surface area contributed by atoms with Crippen LogP contribution in [0.2, 0.25) is 0 Å². The molecular weight excluding hydrogens is 212 g/mol. The van der Waals surface area contributed by atoms with Gasteiger partial charge >= 0.3 is 0 Å². The zero-order chi connectivity index (χ0) is 12.1. The molecule has 4 heteroatoms. The second-order valence-electron chi connectivity index (χ2n) is 5.45. The zero-order valence-electron chi connectivity index (χ0n) is 10.9. The highest BCUT2D eigenvalue weighted by atomic mass is 15.3. The van der Waals surface area contributed by atoms with Crippen LogP contribution in [0, 0.1) is 17.8 Å². The highest BCUT2D eigenvalue weighted by Crippen LogP contribution is 2.49. The van der Waals surface area contributed by atoms with Crippen LogP contribution in [0.3, 0.4) is 0 Å². The molecule has 0 atom stereocenters. The standard InChI is InChI=1S/C13H26N4/c1-2-3-8-15-13(17-14)16-9-12(10-4-5-10)11-6-7-11/h10-12H,2-9,14H2,1H3,(H2,15,16,17). The van der Waals surface area contributed by atoms with Gasteiger partial charge in [0.05, 0.1) is 0 Å². The number of hydrogen-bond donors (Lipinski definition) is 3. The SMILES string of the molecule is CCCCNC(=NCC(C1CC1)C1CC1)NN. The van der Waals surface area contributed by atoms with Gasteiger partial charge in [0.15, 0.2) is 0 Å². The summed E-state index contributed by atoms with van der Waals surface area (Å²) in [4.78, 5) is 4.61. The first-order valence-electron chi connectivity index (χ1n) is 7.10. The van der Waals surface area contributed by atoms with Crippen LogP contribution in [0.4, 0.5) is 0 Å². The van der Waals surface area contributed by atoms with Crippen molar-refractivity contribution in [2.24, 2.45) is 28.6 Å². The predicted octanol–water partition coefficient (Wildman–Crippen LogP) is 1.63. The highest BCUT2D eigenvalue weighted by molar-refractivity contribution is 5.79. The van der Waals surface area contributed by atoms with Crippen molar-refractivity contribution in [3.05, 3.63) is 0 Å². The number of hydrazine groups is 1. The molecule has 98 valence electrons. The smallest absolute Gasteiger partial charge is 0.205 e. The van der Waals surface area contributed by atoms with E-state index >= 15 is 0 Å². The Hall–Kier alpha value is -0.770. The lowest BCUT2D eigenvalue weighted by molar-refractivity contribution is 0.417. The topological polar surface area (TPSA) is 62.4 Å². The Morgan fingerprint density at radius 2 is 1.94 bits per heavy atom. The molecule has 2 saturated carbocycles. The summed E-state index contributed by atoms with van der Waals surface area (Å²) in [7, 11) is 0. The minimum atomic E-state index is 0.768. The van der Waals surface area contributed by atoms with Crippen molar-refractivity contribution in [1.82, 2.24) is 10.7 Å². The number of nitrogens with one attached hydrogen (secondary N) is 2. The maximum absolute atomic E-state index is 5.48. The molecule has 2 fully saturated rings. The Morgan fingerprint density at radius 3 is 2.41 bits per heavy atom. The highest BCUT2D eigenvalue weighted by Gasteiger charge is 2.41. The number of nitrogens with two attached hydrogens (primary N) is 1. The van der Waals surface area contributed by atoms with E-state index in [4.69, 9.17) is 5.84 Å². The van der Waals surface area contributed by atoms with Crippen LogP contribution in [0.1, 0.15) is 45.4 Å². The number of nitrogens with zero attached hydrogens (tertiary/aromatic N) is 1. The van der Waals surface area contributed by atoms with Crippen molar-refractivity contribution < 1.29 is 0 Å². The summed E-state index contributed by atoms with van der Waals surface area (Å²) in [5.41, 5.74) is 2.67. The molecule has 0 heterocycles. The normalized spacial score (nSPS) is 20.8. The average molecular weight is 238 g/mol. The van der Waals surface area contributed by atoms with Gasteiger partial charge in [-0.1, -0.05) is 13.3 Å². The van der Waals surface area contributed by atoms with Crippen molar-refractivity contribution in [2.75, 3.05) is 13.1 Å². The molecule has 17 heavy (non-hydrogen) atoms. The van der Waals surface area contributed by atoms with Crippen LogP contribution < -0.4 is 16.6 Å². The predicted molar refractivity (Wildman–Crippen MR) is 71.5 cm³/mol. The molecule has 0 aliphatic heterocycles. The third-order valence-electron chi connectivity index (χ3n) is 3.87. The molecule has 0 bridgehead atoms. The lowest BCUT2D eigenvalue weighted by Gasteiger charge is -2.14. The van der Waals surface area contributed by atoms with Gasteiger partial charge in [-0.05, 0) is 49.9 Å². The monoisotopic (exact) mass is 238 g/mol. The Morgan fingerprint density at radius 1 is 1.29 bits per heavy atom. The van der Waals surface area contributed by atoms with Crippen LogP contribution in [0.15, 0.2) is 4.99 Å². The van der Waals surface area contributed by atoms with Crippen LogP contribution >= 0.6 is 0 Å². The molecule has 0 spiro atoms. The van der Waals surface area contributed by atoms with E-state index in [2.05, 4.69) is 22.7 Å². The zero-order valence-corrected chi connectivity index (χ0v) is 10.9. The fourth-order valence-corrected chi connectivity index (χ4v) is 2.46. The second kappa shape index (κ2) is 6.24. The molecule has 0 saturated heterocycles. The number of aliphatic imine (C=N–C) groups is 1. The molecule has 2 aliphatic carbocycles.